The Morgan fingerprint density at radius 1 is 1.43 bits per heavy atom. The van der Waals surface area contributed by atoms with Crippen LogP contribution in [0.1, 0.15) is 10.4 Å². The molecule has 0 saturated carbocycles. The van der Waals surface area contributed by atoms with Gasteiger partial charge in [0, 0.05) is 12.1 Å². The highest BCUT2D eigenvalue weighted by Crippen LogP contribution is 2.19. The van der Waals surface area contributed by atoms with Gasteiger partial charge in [-0.25, -0.2) is 8.78 Å². The monoisotopic (exact) mass is 201 g/mol. The number of aromatic hydroxyl groups is 1. The third kappa shape index (κ3) is 2.05. The molecular formula is C9H9F2NO2. The van der Waals surface area contributed by atoms with Gasteiger partial charge < -0.3 is 10.4 Å². The summed E-state index contributed by atoms with van der Waals surface area (Å²) in [4.78, 5) is 11.2. The zero-order valence-corrected chi connectivity index (χ0v) is 7.47. The quantitative estimate of drug-likeness (QED) is 0.719. The Hall–Kier alpha value is -1.49. The highest BCUT2D eigenvalue weighted by atomic mass is 19.1. The van der Waals surface area contributed by atoms with E-state index in [-0.39, 0.29) is 6.54 Å². The molecule has 1 aromatic carbocycles. The predicted octanol–water partition coefficient (Wildman–Crippen LogP) is 1.07. The van der Waals surface area contributed by atoms with Crippen LogP contribution in [0.5, 0.6) is 5.75 Å². The molecule has 0 heterocycles. The number of phenols is 1. The molecule has 0 aliphatic carbocycles. The van der Waals surface area contributed by atoms with Crippen molar-refractivity contribution in [3.8, 4) is 5.75 Å². The number of carbonyl (C=O) groups excluding carboxylic acids is 1. The van der Waals surface area contributed by atoms with E-state index >= 15 is 0 Å². The molecule has 0 unspecified atom stereocenters. The van der Waals surface area contributed by atoms with Crippen molar-refractivity contribution < 1.29 is 18.7 Å². The summed E-state index contributed by atoms with van der Waals surface area (Å²) in [5.41, 5.74) is -0.628. The maximum absolute atomic E-state index is 13.0. The Bertz CT molecular complexity index is 343. The summed E-state index contributed by atoms with van der Waals surface area (Å²) in [5.74, 6) is -3.34. The lowest BCUT2D eigenvalue weighted by molar-refractivity contribution is 0.0985. The first-order valence-corrected chi connectivity index (χ1v) is 3.92. The second kappa shape index (κ2) is 4.15. The van der Waals surface area contributed by atoms with Gasteiger partial charge in [0.2, 0.25) is 0 Å². The number of Topliss-reactive ketones (excluding diaryl/α,β-unsaturated/α-hetero) is 1. The topological polar surface area (TPSA) is 49.3 Å². The second-order valence-electron chi connectivity index (χ2n) is 2.74. The Labute approximate surface area is 79.4 Å². The fraction of sp³-hybridized carbons (Fsp3) is 0.222. The van der Waals surface area contributed by atoms with E-state index in [0.29, 0.717) is 12.1 Å². The molecule has 5 heteroatoms. The number of benzene rings is 1. The van der Waals surface area contributed by atoms with Crippen molar-refractivity contribution in [2.45, 2.75) is 0 Å². The van der Waals surface area contributed by atoms with Crippen molar-refractivity contribution in [1.82, 2.24) is 5.32 Å². The van der Waals surface area contributed by atoms with Gasteiger partial charge in [0.05, 0.1) is 12.1 Å². The van der Waals surface area contributed by atoms with Crippen LogP contribution >= 0.6 is 0 Å². The molecule has 0 fully saturated rings. The van der Waals surface area contributed by atoms with Gasteiger partial charge in [-0.05, 0) is 7.05 Å². The summed E-state index contributed by atoms with van der Waals surface area (Å²) in [6.07, 6.45) is 0. The van der Waals surface area contributed by atoms with E-state index < -0.39 is 28.7 Å². The molecule has 0 radical (unpaired) electrons. The number of ketones is 1. The van der Waals surface area contributed by atoms with Crippen LogP contribution in [0.15, 0.2) is 12.1 Å². The van der Waals surface area contributed by atoms with Gasteiger partial charge in [0.25, 0.3) is 0 Å². The minimum absolute atomic E-state index is 0.154. The molecule has 0 aliphatic heterocycles. The number of nitrogens with one attached hydrogen (secondary N) is 1. The van der Waals surface area contributed by atoms with Crippen molar-refractivity contribution in [3.05, 3.63) is 29.3 Å². The summed E-state index contributed by atoms with van der Waals surface area (Å²) in [7, 11) is 1.49. The summed E-state index contributed by atoms with van der Waals surface area (Å²) in [6.45, 7) is -0.154. The maximum atomic E-state index is 13.0. The van der Waals surface area contributed by atoms with Gasteiger partial charge in [0.1, 0.15) is 17.4 Å². The Morgan fingerprint density at radius 3 is 2.36 bits per heavy atom. The van der Waals surface area contributed by atoms with Gasteiger partial charge in [-0.1, -0.05) is 0 Å². The number of likely N-dealkylation sites (N-methyl/N-ethyl adjacent to an activating group) is 1. The fourth-order valence-electron chi connectivity index (χ4n) is 1.08. The lowest BCUT2D eigenvalue weighted by Gasteiger charge is -2.04. The highest BCUT2D eigenvalue weighted by molar-refractivity contribution is 5.98. The van der Waals surface area contributed by atoms with Gasteiger partial charge in [-0.15, -0.1) is 0 Å². The number of hydrogen-bond acceptors (Lipinski definition) is 3. The molecule has 14 heavy (non-hydrogen) atoms. The normalized spacial score (nSPS) is 10.2. The molecule has 0 amide bonds. The van der Waals surface area contributed by atoms with Crippen LogP contribution in [0.2, 0.25) is 0 Å². The number of carbonyl (C=O) groups is 1. The molecule has 0 saturated heterocycles. The van der Waals surface area contributed by atoms with E-state index in [1.54, 1.807) is 0 Å². The van der Waals surface area contributed by atoms with Crippen molar-refractivity contribution >= 4 is 5.78 Å². The van der Waals surface area contributed by atoms with Crippen LogP contribution in [0.3, 0.4) is 0 Å². The Balaban J connectivity index is 3.14. The fourth-order valence-corrected chi connectivity index (χ4v) is 1.08. The molecule has 0 bridgehead atoms. The smallest absolute Gasteiger partial charge is 0.182 e. The molecule has 0 aliphatic rings. The lowest BCUT2D eigenvalue weighted by atomic mass is 10.1. The summed E-state index contributed by atoms with van der Waals surface area (Å²) < 4.78 is 26.1. The molecule has 3 nitrogen and oxygen atoms in total. The first-order chi connectivity index (χ1) is 6.56. The van der Waals surface area contributed by atoms with Crippen LogP contribution in [0, 0.1) is 11.6 Å². The highest BCUT2D eigenvalue weighted by Gasteiger charge is 2.17. The number of rotatable bonds is 3. The van der Waals surface area contributed by atoms with Gasteiger partial charge in [0.15, 0.2) is 5.78 Å². The zero-order valence-electron chi connectivity index (χ0n) is 7.47. The minimum atomic E-state index is -1.05. The standard InChI is InChI=1S/C9H9F2NO2/c1-12-4-8(14)9-6(10)2-5(13)3-7(9)11/h2-3,12-13H,4H2,1H3. The Kier molecular flexibility index (Phi) is 3.14. The average Bonchev–Trinajstić information content (AvgIpc) is 2.01. The van der Waals surface area contributed by atoms with Gasteiger partial charge >= 0.3 is 0 Å². The molecule has 0 aromatic heterocycles. The van der Waals surface area contributed by atoms with Crippen LogP contribution in [-0.4, -0.2) is 24.5 Å². The molecule has 76 valence electrons. The SMILES string of the molecule is CNCC(=O)c1c(F)cc(O)cc1F. The molecular weight excluding hydrogens is 192 g/mol. The van der Waals surface area contributed by atoms with Crippen molar-refractivity contribution in [2.24, 2.45) is 0 Å². The van der Waals surface area contributed by atoms with Crippen LogP contribution in [0.25, 0.3) is 0 Å². The summed E-state index contributed by atoms with van der Waals surface area (Å²) in [5, 5.41) is 11.3. The van der Waals surface area contributed by atoms with Gasteiger partial charge in [-0.3, -0.25) is 4.79 Å². The van der Waals surface area contributed by atoms with E-state index in [0.717, 1.165) is 0 Å². The lowest BCUT2D eigenvalue weighted by Crippen LogP contribution is -2.20. The van der Waals surface area contributed by atoms with E-state index in [4.69, 9.17) is 5.11 Å². The van der Waals surface area contributed by atoms with E-state index in [9.17, 15) is 13.6 Å². The molecule has 0 spiro atoms. The maximum Gasteiger partial charge on any atom is 0.182 e. The van der Waals surface area contributed by atoms with Gasteiger partial charge in [-0.2, -0.15) is 0 Å². The first-order valence-electron chi connectivity index (χ1n) is 3.92. The van der Waals surface area contributed by atoms with Crippen molar-refractivity contribution in [3.63, 3.8) is 0 Å². The predicted molar refractivity (Wildman–Crippen MR) is 46.3 cm³/mol. The Morgan fingerprint density at radius 2 is 1.93 bits per heavy atom. The van der Waals surface area contributed by atoms with Crippen molar-refractivity contribution in [1.29, 1.82) is 0 Å². The zero-order chi connectivity index (χ0) is 10.7. The second-order valence-corrected chi connectivity index (χ2v) is 2.74. The van der Waals surface area contributed by atoms with Crippen molar-refractivity contribution in [2.75, 3.05) is 13.6 Å². The van der Waals surface area contributed by atoms with Crippen LogP contribution in [-0.2, 0) is 0 Å². The molecule has 2 N–H and O–H groups in total. The average molecular weight is 201 g/mol. The summed E-state index contributed by atoms with van der Waals surface area (Å²) >= 11 is 0. The summed E-state index contributed by atoms with van der Waals surface area (Å²) in [6, 6.07) is 1.40. The number of phenolic OH excluding ortho intramolecular Hbond substituents is 1. The van der Waals surface area contributed by atoms with E-state index in [1.165, 1.54) is 7.05 Å². The number of halogens is 2. The van der Waals surface area contributed by atoms with E-state index in [2.05, 4.69) is 5.32 Å². The minimum Gasteiger partial charge on any atom is -0.508 e. The molecule has 0 atom stereocenters. The third-order valence-electron chi connectivity index (χ3n) is 1.64. The van der Waals surface area contributed by atoms with E-state index in [1.807, 2.05) is 0 Å². The molecule has 1 rings (SSSR count). The van der Waals surface area contributed by atoms with Crippen LogP contribution in [0.4, 0.5) is 8.78 Å². The molecule has 1 aromatic rings. The largest absolute Gasteiger partial charge is 0.508 e. The third-order valence-corrected chi connectivity index (χ3v) is 1.64. The first kappa shape index (κ1) is 10.6. The number of hydrogen-bond donors (Lipinski definition) is 2. The van der Waals surface area contributed by atoms with Crippen LogP contribution < -0.4 is 5.32 Å².